The lowest BCUT2D eigenvalue weighted by Gasteiger charge is -2.23. The summed E-state index contributed by atoms with van der Waals surface area (Å²) in [6.45, 7) is 2.42. The number of aryl methyl sites for hydroxylation is 1. The Labute approximate surface area is 107 Å². The van der Waals surface area contributed by atoms with Crippen LogP contribution in [0.3, 0.4) is 0 Å². The van der Waals surface area contributed by atoms with Gasteiger partial charge in [-0.25, -0.2) is 0 Å². The molecule has 0 saturated carbocycles. The summed E-state index contributed by atoms with van der Waals surface area (Å²) in [6.07, 6.45) is 5.48. The third-order valence-corrected chi connectivity index (χ3v) is 3.06. The quantitative estimate of drug-likeness (QED) is 0.765. The summed E-state index contributed by atoms with van der Waals surface area (Å²) in [5.41, 5.74) is 2.30. The molecule has 0 spiro atoms. The molecule has 1 aromatic rings. The van der Waals surface area contributed by atoms with Crippen LogP contribution in [0.15, 0.2) is 30.3 Å². The Morgan fingerprint density at radius 2 is 1.72 bits per heavy atom. The van der Waals surface area contributed by atoms with Gasteiger partial charge in [0, 0.05) is 19.4 Å². The Kier molecular flexibility index (Phi) is 3.92. The van der Waals surface area contributed by atoms with Crippen molar-refractivity contribution < 1.29 is 9.59 Å². The number of imide groups is 1. The molecule has 0 aromatic heterocycles. The fourth-order valence-corrected chi connectivity index (χ4v) is 1.98. The molecule has 94 valence electrons. The molecule has 0 bridgehead atoms. The summed E-state index contributed by atoms with van der Waals surface area (Å²) in [5, 5.41) is 0. The molecule has 0 atom stereocenters. The van der Waals surface area contributed by atoms with Crippen molar-refractivity contribution in [3.8, 4) is 0 Å². The highest BCUT2D eigenvalue weighted by Crippen LogP contribution is 2.12. The second kappa shape index (κ2) is 5.63. The van der Waals surface area contributed by atoms with E-state index in [-0.39, 0.29) is 11.8 Å². The Morgan fingerprint density at radius 3 is 2.33 bits per heavy atom. The maximum atomic E-state index is 11.6. The van der Waals surface area contributed by atoms with Crippen LogP contribution in [0.25, 0.3) is 6.08 Å². The Hall–Kier alpha value is -1.90. The van der Waals surface area contributed by atoms with E-state index >= 15 is 0 Å². The molecule has 2 amide bonds. The number of carbonyl (C=O) groups is 2. The Morgan fingerprint density at radius 1 is 1.11 bits per heavy atom. The first kappa shape index (κ1) is 12.6. The fraction of sp³-hybridized carbons (Fsp3) is 0.333. The van der Waals surface area contributed by atoms with Gasteiger partial charge < -0.3 is 0 Å². The maximum Gasteiger partial charge on any atom is 0.229 e. The minimum atomic E-state index is -0.0557. The first-order valence-electron chi connectivity index (χ1n) is 6.23. The predicted octanol–water partition coefficient (Wildman–Crippen LogP) is 2.55. The van der Waals surface area contributed by atoms with Gasteiger partial charge in [0.05, 0.1) is 0 Å². The lowest BCUT2D eigenvalue weighted by Crippen LogP contribution is -2.39. The molecule has 1 aliphatic rings. The number of nitrogens with zero attached hydrogens (tertiary/aromatic N) is 1. The molecule has 1 fully saturated rings. The number of likely N-dealkylation sites (tertiary alicyclic amines) is 1. The minimum absolute atomic E-state index is 0.0557. The van der Waals surface area contributed by atoms with Crippen LogP contribution < -0.4 is 0 Å². The number of carbonyl (C=O) groups excluding carboxylic acids is 2. The molecule has 1 aromatic carbocycles. The van der Waals surface area contributed by atoms with Gasteiger partial charge in [-0.3, -0.25) is 14.5 Å². The van der Waals surface area contributed by atoms with Crippen LogP contribution in [0.4, 0.5) is 0 Å². The lowest BCUT2D eigenvalue weighted by molar-refractivity contribution is -0.147. The molecule has 1 aliphatic heterocycles. The van der Waals surface area contributed by atoms with Crippen molar-refractivity contribution in [2.45, 2.75) is 26.2 Å². The van der Waals surface area contributed by atoms with Gasteiger partial charge in [-0.05, 0) is 18.9 Å². The fourth-order valence-electron chi connectivity index (χ4n) is 1.98. The van der Waals surface area contributed by atoms with Gasteiger partial charge in [-0.1, -0.05) is 42.0 Å². The summed E-state index contributed by atoms with van der Waals surface area (Å²) < 4.78 is 0. The number of rotatable bonds is 3. The third-order valence-electron chi connectivity index (χ3n) is 3.06. The van der Waals surface area contributed by atoms with E-state index < -0.39 is 0 Å². The van der Waals surface area contributed by atoms with Gasteiger partial charge in [-0.15, -0.1) is 0 Å². The topological polar surface area (TPSA) is 37.4 Å². The summed E-state index contributed by atoms with van der Waals surface area (Å²) in [4.78, 5) is 24.5. The van der Waals surface area contributed by atoms with E-state index in [4.69, 9.17) is 0 Å². The molecule has 0 radical (unpaired) electrons. The van der Waals surface area contributed by atoms with Gasteiger partial charge >= 0.3 is 0 Å². The highest BCUT2D eigenvalue weighted by atomic mass is 16.2. The SMILES string of the molecule is Cc1ccc(/C=C/CN2C(=O)CCCC2=O)cc1. The number of benzene rings is 1. The van der Waals surface area contributed by atoms with Gasteiger partial charge in [-0.2, -0.15) is 0 Å². The molecule has 3 heteroatoms. The molecule has 3 nitrogen and oxygen atoms in total. The van der Waals surface area contributed by atoms with Crippen LogP contribution in [0.2, 0.25) is 0 Å². The predicted molar refractivity (Wildman–Crippen MR) is 70.8 cm³/mol. The second-order valence-corrected chi connectivity index (χ2v) is 4.56. The number of amides is 2. The van der Waals surface area contributed by atoms with Gasteiger partial charge in [0.15, 0.2) is 0 Å². The minimum Gasteiger partial charge on any atom is -0.279 e. The number of hydrogen-bond acceptors (Lipinski definition) is 2. The van der Waals surface area contributed by atoms with Crippen molar-refractivity contribution in [2.75, 3.05) is 6.54 Å². The average molecular weight is 243 g/mol. The van der Waals surface area contributed by atoms with Gasteiger partial charge in [0.25, 0.3) is 0 Å². The molecular formula is C15H17NO2. The van der Waals surface area contributed by atoms with Crippen LogP contribution in [0, 0.1) is 6.92 Å². The van der Waals surface area contributed by atoms with Crippen LogP contribution >= 0.6 is 0 Å². The van der Waals surface area contributed by atoms with E-state index in [9.17, 15) is 9.59 Å². The zero-order valence-electron chi connectivity index (χ0n) is 10.6. The standard InChI is InChI=1S/C15H17NO2/c1-12-7-9-13(10-8-12)4-3-11-16-14(17)5-2-6-15(16)18/h3-4,7-10H,2,5-6,11H2,1H3/b4-3+. The second-order valence-electron chi connectivity index (χ2n) is 4.56. The zero-order valence-corrected chi connectivity index (χ0v) is 10.6. The number of piperidine rings is 1. The normalized spacial score (nSPS) is 16.6. The van der Waals surface area contributed by atoms with Crippen molar-refractivity contribution in [1.82, 2.24) is 4.90 Å². The smallest absolute Gasteiger partial charge is 0.229 e. The van der Waals surface area contributed by atoms with Crippen molar-refractivity contribution in [3.63, 3.8) is 0 Å². The largest absolute Gasteiger partial charge is 0.279 e. The molecule has 0 aliphatic carbocycles. The van der Waals surface area contributed by atoms with Crippen molar-refractivity contribution in [1.29, 1.82) is 0 Å². The Balaban J connectivity index is 1.96. The lowest BCUT2D eigenvalue weighted by atomic mass is 10.1. The summed E-state index contributed by atoms with van der Waals surface area (Å²) in [5.74, 6) is -0.111. The highest BCUT2D eigenvalue weighted by molar-refractivity contribution is 5.97. The molecule has 0 N–H and O–H groups in total. The van der Waals surface area contributed by atoms with E-state index in [1.807, 2.05) is 43.3 Å². The number of hydrogen-bond donors (Lipinski definition) is 0. The van der Waals surface area contributed by atoms with E-state index in [0.29, 0.717) is 25.8 Å². The average Bonchev–Trinajstić information content (AvgIpc) is 2.35. The van der Waals surface area contributed by atoms with Crippen molar-refractivity contribution in [2.24, 2.45) is 0 Å². The van der Waals surface area contributed by atoms with E-state index in [2.05, 4.69) is 0 Å². The first-order chi connectivity index (χ1) is 8.66. The molecular weight excluding hydrogens is 226 g/mol. The molecule has 1 saturated heterocycles. The summed E-state index contributed by atoms with van der Waals surface area (Å²) in [6, 6.07) is 8.12. The maximum absolute atomic E-state index is 11.6. The molecule has 1 heterocycles. The van der Waals surface area contributed by atoms with Gasteiger partial charge in [0.1, 0.15) is 0 Å². The Bertz CT molecular complexity index is 458. The van der Waals surface area contributed by atoms with Gasteiger partial charge in [0.2, 0.25) is 11.8 Å². The molecule has 0 unspecified atom stereocenters. The summed E-state index contributed by atoms with van der Waals surface area (Å²) in [7, 11) is 0. The summed E-state index contributed by atoms with van der Waals surface area (Å²) >= 11 is 0. The van der Waals surface area contributed by atoms with E-state index in [1.165, 1.54) is 10.5 Å². The van der Waals surface area contributed by atoms with Crippen molar-refractivity contribution >= 4 is 17.9 Å². The zero-order chi connectivity index (χ0) is 13.0. The monoisotopic (exact) mass is 243 g/mol. The van der Waals surface area contributed by atoms with E-state index in [1.54, 1.807) is 0 Å². The van der Waals surface area contributed by atoms with Crippen LogP contribution in [-0.2, 0) is 9.59 Å². The van der Waals surface area contributed by atoms with Crippen molar-refractivity contribution in [3.05, 3.63) is 41.5 Å². The van der Waals surface area contributed by atoms with Crippen LogP contribution in [0.1, 0.15) is 30.4 Å². The molecule has 2 rings (SSSR count). The third kappa shape index (κ3) is 3.06. The van der Waals surface area contributed by atoms with Crippen LogP contribution in [-0.4, -0.2) is 23.3 Å². The highest BCUT2D eigenvalue weighted by Gasteiger charge is 2.24. The first-order valence-corrected chi connectivity index (χ1v) is 6.23. The molecule has 18 heavy (non-hydrogen) atoms. The van der Waals surface area contributed by atoms with Crippen LogP contribution in [0.5, 0.6) is 0 Å². The van der Waals surface area contributed by atoms with E-state index in [0.717, 1.165) is 5.56 Å².